The van der Waals surface area contributed by atoms with Crippen molar-refractivity contribution in [2.45, 2.75) is 13.1 Å². The van der Waals surface area contributed by atoms with E-state index in [-0.39, 0.29) is 0 Å². The van der Waals surface area contributed by atoms with Gasteiger partial charge in [-0.1, -0.05) is 0 Å². The first-order chi connectivity index (χ1) is 3.95. The molecule has 0 saturated heterocycles. The molecule has 0 bridgehead atoms. The smallest absolute Gasteiger partial charge is 0.330 e. The fraction of sp³-hybridized carbons (Fsp3) is 1.00. The molecule has 56 valence electrons. The molecule has 0 heterocycles. The number of halogens is 3. The molecule has 0 fully saturated rings. The molecule has 0 saturated carbocycles. The quantitative estimate of drug-likeness (QED) is 0.557. The summed E-state index contributed by atoms with van der Waals surface area (Å²) >= 11 is 0. The van der Waals surface area contributed by atoms with Crippen molar-refractivity contribution < 1.29 is 18.1 Å². The Balaban J connectivity index is 3.47. The van der Waals surface area contributed by atoms with E-state index in [1.165, 1.54) is 7.05 Å². The molecule has 0 aromatic carbocycles. The first-order valence-corrected chi connectivity index (χ1v) is 2.83. The number of hydrogen-bond acceptors (Lipinski definition) is 0. The van der Waals surface area contributed by atoms with E-state index in [4.69, 9.17) is 0 Å². The van der Waals surface area contributed by atoms with Crippen LogP contribution in [0.15, 0.2) is 0 Å². The summed E-state index contributed by atoms with van der Waals surface area (Å²) in [4.78, 5) is 0.488. The molecule has 0 radical (unpaired) electrons. The van der Waals surface area contributed by atoms with Crippen LogP contribution >= 0.6 is 0 Å². The Morgan fingerprint density at radius 3 is 1.89 bits per heavy atom. The van der Waals surface area contributed by atoms with Gasteiger partial charge in [-0.25, -0.2) is 0 Å². The maximum Gasteiger partial charge on any atom is 0.438 e. The Labute approximate surface area is 52.5 Å². The summed E-state index contributed by atoms with van der Waals surface area (Å²) in [5, 5.41) is 0. The molecule has 1 unspecified atom stereocenters. The van der Waals surface area contributed by atoms with Crippen molar-refractivity contribution in [2.24, 2.45) is 0 Å². The molecule has 1 N–H and O–H groups in total. The van der Waals surface area contributed by atoms with Crippen molar-refractivity contribution >= 4 is 0 Å². The highest BCUT2D eigenvalue weighted by Gasteiger charge is 2.31. The first-order valence-electron chi connectivity index (χ1n) is 2.83. The van der Waals surface area contributed by atoms with Crippen LogP contribution in [0.2, 0.25) is 0 Å². The molecule has 0 aromatic heterocycles. The van der Waals surface area contributed by atoms with E-state index in [0.29, 0.717) is 11.4 Å². The lowest BCUT2D eigenvalue weighted by Gasteiger charge is -2.12. The largest absolute Gasteiger partial charge is 0.438 e. The van der Waals surface area contributed by atoms with E-state index in [9.17, 15) is 13.2 Å². The van der Waals surface area contributed by atoms with E-state index in [0.717, 1.165) is 0 Å². The molecule has 9 heavy (non-hydrogen) atoms. The average Bonchev–Trinajstić information content (AvgIpc) is 1.62. The van der Waals surface area contributed by atoms with Gasteiger partial charge in [0.15, 0.2) is 6.54 Å². The summed E-state index contributed by atoms with van der Waals surface area (Å²) in [7, 11) is 1.52. The van der Waals surface area contributed by atoms with Crippen LogP contribution in [0.4, 0.5) is 13.2 Å². The zero-order valence-electron chi connectivity index (χ0n) is 5.55. The van der Waals surface area contributed by atoms with Gasteiger partial charge in [-0.3, -0.25) is 0 Å². The highest BCUT2D eigenvalue weighted by atomic mass is 19.4. The van der Waals surface area contributed by atoms with Gasteiger partial charge in [-0.15, -0.1) is 0 Å². The van der Waals surface area contributed by atoms with Crippen LogP contribution in [0.25, 0.3) is 0 Å². The van der Waals surface area contributed by atoms with Crippen molar-refractivity contribution in [1.82, 2.24) is 0 Å². The van der Waals surface area contributed by atoms with Gasteiger partial charge in [-0.05, 0) is 6.92 Å². The Bertz CT molecular complexity index is 78.8. The minimum Gasteiger partial charge on any atom is -0.330 e. The third-order valence-electron chi connectivity index (χ3n) is 1.11. The van der Waals surface area contributed by atoms with Gasteiger partial charge >= 0.3 is 6.18 Å². The Hall–Kier alpha value is -0.250. The van der Waals surface area contributed by atoms with Gasteiger partial charge in [0.1, 0.15) is 0 Å². The topological polar surface area (TPSA) is 4.44 Å². The molecule has 0 aliphatic carbocycles. The van der Waals surface area contributed by atoms with Crippen molar-refractivity contribution in [1.29, 1.82) is 0 Å². The minimum atomic E-state index is -4.01. The summed E-state index contributed by atoms with van der Waals surface area (Å²) in [6, 6.07) is 0. The molecule has 0 aliphatic rings. The van der Waals surface area contributed by atoms with Crippen LogP contribution in [0.1, 0.15) is 6.92 Å². The summed E-state index contributed by atoms with van der Waals surface area (Å²) < 4.78 is 34.4. The third kappa shape index (κ3) is 5.62. The molecule has 0 rings (SSSR count). The average molecular weight is 142 g/mol. The van der Waals surface area contributed by atoms with E-state index in [2.05, 4.69) is 0 Å². The van der Waals surface area contributed by atoms with E-state index >= 15 is 0 Å². The van der Waals surface area contributed by atoms with Crippen LogP contribution in [0, 0.1) is 0 Å². The summed E-state index contributed by atoms with van der Waals surface area (Å²) in [5.41, 5.74) is 0. The van der Waals surface area contributed by atoms with Gasteiger partial charge in [-0.2, -0.15) is 13.2 Å². The molecule has 0 aromatic rings. The van der Waals surface area contributed by atoms with Crippen molar-refractivity contribution in [3.8, 4) is 0 Å². The SMILES string of the molecule is CC[NH+](C)CC(F)(F)F. The predicted molar refractivity (Wildman–Crippen MR) is 28.3 cm³/mol. The number of nitrogens with one attached hydrogen (secondary N) is 1. The molecule has 1 nitrogen and oxygen atoms in total. The fourth-order valence-corrected chi connectivity index (χ4v) is 0.467. The molecule has 0 spiro atoms. The molecule has 1 atom stereocenters. The third-order valence-corrected chi connectivity index (χ3v) is 1.11. The van der Waals surface area contributed by atoms with Gasteiger partial charge in [0.2, 0.25) is 0 Å². The zero-order chi connectivity index (χ0) is 7.49. The molecule has 0 aliphatic heterocycles. The summed E-state index contributed by atoms with van der Waals surface area (Å²) in [6.07, 6.45) is -4.01. The van der Waals surface area contributed by atoms with Crippen molar-refractivity contribution in [2.75, 3.05) is 20.1 Å². The van der Waals surface area contributed by atoms with Gasteiger partial charge < -0.3 is 4.90 Å². The predicted octanol–water partition coefficient (Wildman–Crippen LogP) is 0.0833. The number of hydrogen-bond donors (Lipinski definition) is 1. The minimum absolute atomic E-state index is 0.488. The van der Waals surface area contributed by atoms with Gasteiger partial charge in [0, 0.05) is 0 Å². The highest BCUT2D eigenvalue weighted by Crippen LogP contribution is 2.10. The van der Waals surface area contributed by atoms with Crippen molar-refractivity contribution in [3.63, 3.8) is 0 Å². The van der Waals surface area contributed by atoms with Crippen LogP contribution < -0.4 is 4.90 Å². The van der Waals surface area contributed by atoms with Crippen LogP contribution in [0.3, 0.4) is 0 Å². The number of rotatable bonds is 2. The second-order valence-electron chi connectivity index (χ2n) is 2.10. The Morgan fingerprint density at radius 1 is 1.33 bits per heavy atom. The molecule has 0 amide bonds. The van der Waals surface area contributed by atoms with Crippen LogP contribution in [0.5, 0.6) is 0 Å². The molecule has 4 heteroatoms. The van der Waals surface area contributed by atoms with E-state index in [1.807, 2.05) is 0 Å². The highest BCUT2D eigenvalue weighted by molar-refractivity contribution is 4.41. The van der Waals surface area contributed by atoms with E-state index in [1.54, 1.807) is 6.92 Å². The fourth-order valence-electron chi connectivity index (χ4n) is 0.467. The molecular formula is C5H11F3N+. The standard InChI is InChI=1S/C5H10F3N/c1-3-9(2)4-5(6,7)8/h3-4H2,1-2H3/p+1. The second kappa shape index (κ2) is 3.06. The van der Waals surface area contributed by atoms with Crippen molar-refractivity contribution in [3.05, 3.63) is 0 Å². The lowest BCUT2D eigenvalue weighted by Crippen LogP contribution is -3.10. The van der Waals surface area contributed by atoms with Gasteiger partial charge in [0.05, 0.1) is 13.6 Å². The monoisotopic (exact) mass is 142 g/mol. The Morgan fingerprint density at radius 2 is 1.78 bits per heavy atom. The maximum atomic E-state index is 11.5. The van der Waals surface area contributed by atoms with Crippen LogP contribution in [-0.2, 0) is 0 Å². The molecular weight excluding hydrogens is 131 g/mol. The Kier molecular flexibility index (Phi) is 2.97. The number of quaternary nitrogens is 1. The zero-order valence-corrected chi connectivity index (χ0v) is 5.55. The second-order valence-corrected chi connectivity index (χ2v) is 2.10. The summed E-state index contributed by atoms with van der Waals surface area (Å²) in [6.45, 7) is 1.50. The lowest BCUT2D eigenvalue weighted by molar-refractivity contribution is -0.888. The lowest BCUT2D eigenvalue weighted by atomic mass is 10.5. The maximum absolute atomic E-state index is 11.5. The van der Waals surface area contributed by atoms with Crippen LogP contribution in [-0.4, -0.2) is 26.3 Å². The normalized spacial score (nSPS) is 15.7. The summed E-state index contributed by atoms with van der Waals surface area (Å²) in [5.74, 6) is 0. The van der Waals surface area contributed by atoms with Gasteiger partial charge in [0.25, 0.3) is 0 Å². The first kappa shape index (κ1) is 8.75. The number of alkyl halides is 3. The van der Waals surface area contributed by atoms with E-state index < -0.39 is 12.7 Å².